The van der Waals surface area contributed by atoms with E-state index in [1.54, 1.807) is 23.5 Å². The molecule has 4 nitrogen and oxygen atoms in total. The second-order valence-corrected chi connectivity index (χ2v) is 7.05. The number of hydrogen-bond donors (Lipinski definition) is 0. The first-order valence-corrected chi connectivity index (χ1v) is 8.24. The van der Waals surface area contributed by atoms with Crippen molar-refractivity contribution in [2.24, 2.45) is 0 Å². The summed E-state index contributed by atoms with van der Waals surface area (Å²) in [6, 6.07) is 8.57. The van der Waals surface area contributed by atoms with Crippen molar-refractivity contribution in [3.63, 3.8) is 0 Å². The van der Waals surface area contributed by atoms with Gasteiger partial charge in [0.15, 0.2) is 9.84 Å². The summed E-state index contributed by atoms with van der Waals surface area (Å²) < 4.78 is 23.1. The number of benzene rings is 1. The van der Waals surface area contributed by atoms with E-state index >= 15 is 0 Å². The van der Waals surface area contributed by atoms with E-state index in [0.717, 1.165) is 4.88 Å². The molecule has 6 heteroatoms. The number of nitrogens with zero attached hydrogens (tertiary/aromatic N) is 2. The Labute approximate surface area is 114 Å². The first-order chi connectivity index (χ1) is 9.04. The lowest BCUT2D eigenvalue weighted by atomic mass is 10.3. The zero-order valence-electron chi connectivity index (χ0n) is 9.99. The maximum Gasteiger partial charge on any atom is 0.175 e. The van der Waals surface area contributed by atoms with Crippen LogP contribution in [0.2, 0.25) is 0 Å². The Morgan fingerprint density at radius 2 is 2.05 bits per heavy atom. The molecule has 0 N–H and O–H groups in total. The molecule has 0 aliphatic heterocycles. The minimum atomic E-state index is -3.24. The van der Waals surface area contributed by atoms with E-state index in [4.69, 9.17) is 0 Å². The molecule has 2 heterocycles. The molecule has 0 saturated heterocycles. The van der Waals surface area contributed by atoms with Crippen molar-refractivity contribution in [3.8, 4) is 10.6 Å². The Balaban J connectivity index is 2.21. The Hall–Kier alpha value is -1.79. The van der Waals surface area contributed by atoms with Crippen molar-refractivity contribution in [3.05, 3.63) is 41.9 Å². The molecule has 0 unspecified atom stereocenters. The van der Waals surface area contributed by atoms with Gasteiger partial charge in [-0.3, -0.25) is 0 Å². The van der Waals surface area contributed by atoms with Crippen molar-refractivity contribution >= 4 is 32.2 Å². The molecule has 95 valence electrons. The molecule has 0 bridgehead atoms. The fourth-order valence-electron chi connectivity index (χ4n) is 1.70. The molecule has 19 heavy (non-hydrogen) atoms. The van der Waals surface area contributed by atoms with Crippen molar-refractivity contribution < 1.29 is 8.42 Å². The summed E-state index contributed by atoms with van der Waals surface area (Å²) in [7, 11) is -3.24. The van der Waals surface area contributed by atoms with Gasteiger partial charge in [-0.15, -0.1) is 11.3 Å². The standard InChI is InChI=1S/C13H9N2O2S2/c1-19(16,17)9-4-5-10-11(7-9)15-12(8-14-10)13-3-2-6-18-13/h2-7H,1H3. The lowest BCUT2D eigenvalue weighted by Crippen LogP contribution is -1.97. The van der Waals surface area contributed by atoms with Crippen molar-refractivity contribution in [1.82, 2.24) is 9.97 Å². The van der Waals surface area contributed by atoms with Crippen molar-refractivity contribution in [2.75, 3.05) is 6.26 Å². The van der Waals surface area contributed by atoms with E-state index < -0.39 is 9.84 Å². The topological polar surface area (TPSA) is 59.9 Å². The van der Waals surface area contributed by atoms with Gasteiger partial charge in [0.2, 0.25) is 0 Å². The maximum absolute atomic E-state index is 11.5. The van der Waals surface area contributed by atoms with Crippen LogP contribution in [0.1, 0.15) is 0 Å². The smallest absolute Gasteiger partial charge is 0.175 e. The molecule has 2 aromatic heterocycles. The lowest BCUT2D eigenvalue weighted by Gasteiger charge is -2.02. The van der Waals surface area contributed by atoms with Crippen molar-refractivity contribution in [1.29, 1.82) is 0 Å². The zero-order valence-corrected chi connectivity index (χ0v) is 11.6. The van der Waals surface area contributed by atoms with Gasteiger partial charge < -0.3 is 0 Å². The number of thiophene rings is 1. The average Bonchev–Trinajstić information content (AvgIpc) is 2.90. The largest absolute Gasteiger partial charge is 0.243 e. The summed E-state index contributed by atoms with van der Waals surface area (Å²) >= 11 is 1.54. The van der Waals surface area contributed by atoms with E-state index in [-0.39, 0.29) is 4.90 Å². The third-order valence-electron chi connectivity index (χ3n) is 2.64. The molecule has 0 saturated carbocycles. The molecule has 0 amide bonds. The van der Waals surface area contributed by atoms with Crippen LogP contribution in [0.5, 0.6) is 0 Å². The summed E-state index contributed by atoms with van der Waals surface area (Å²) in [6.07, 6.45) is 4.05. The second-order valence-electron chi connectivity index (χ2n) is 4.08. The van der Waals surface area contributed by atoms with Gasteiger partial charge in [0.05, 0.1) is 20.8 Å². The summed E-state index contributed by atoms with van der Waals surface area (Å²) in [5, 5.41) is 1.95. The molecule has 0 spiro atoms. The van der Waals surface area contributed by atoms with Crippen molar-refractivity contribution in [2.45, 2.75) is 4.90 Å². The molecule has 1 aromatic carbocycles. The first kappa shape index (κ1) is 12.3. The van der Waals surface area contributed by atoms with Crippen LogP contribution in [0, 0.1) is 6.20 Å². The van der Waals surface area contributed by atoms with E-state index in [0.29, 0.717) is 16.7 Å². The Morgan fingerprint density at radius 1 is 1.21 bits per heavy atom. The molecule has 0 aliphatic rings. The number of hydrogen-bond acceptors (Lipinski definition) is 5. The fourth-order valence-corrected chi connectivity index (χ4v) is 3.00. The molecule has 3 rings (SSSR count). The van der Waals surface area contributed by atoms with Crippen LogP contribution in [-0.2, 0) is 9.84 Å². The summed E-state index contributed by atoms with van der Waals surface area (Å²) in [5.41, 5.74) is 1.82. The maximum atomic E-state index is 11.5. The highest BCUT2D eigenvalue weighted by molar-refractivity contribution is 7.90. The minimum absolute atomic E-state index is 0.248. The lowest BCUT2D eigenvalue weighted by molar-refractivity contribution is 0.602. The second kappa shape index (κ2) is 4.40. The van der Waals surface area contributed by atoms with E-state index in [1.165, 1.54) is 12.3 Å². The number of fused-ring (bicyclic) bond motifs is 1. The van der Waals surface area contributed by atoms with Gasteiger partial charge in [0, 0.05) is 6.26 Å². The van der Waals surface area contributed by atoms with Crippen LogP contribution >= 0.6 is 11.3 Å². The quantitative estimate of drug-likeness (QED) is 0.727. The van der Waals surface area contributed by atoms with Gasteiger partial charge in [0.25, 0.3) is 0 Å². The molecular weight excluding hydrogens is 280 g/mol. The summed E-state index contributed by atoms with van der Waals surface area (Å²) in [5.74, 6) is 0. The van der Waals surface area contributed by atoms with Crippen LogP contribution in [0.15, 0.2) is 40.6 Å². The third kappa shape index (κ3) is 2.36. The van der Waals surface area contributed by atoms with Gasteiger partial charge in [-0.2, -0.15) is 0 Å². The normalized spacial score (nSPS) is 11.8. The van der Waals surface area contributed by atoms with Gasteiger partial charge in [-0.1, -0.05) is 6.07 Å². The van der Waals surface area contributed by atoms with Gasteiger partial charge in [0.1, 0.15) is 11.9 Å². The first-order valence-electron chi connectivity index (χ1n) is 5.47. The monoisotopic (exact) mass is 289 g/mol. The number of rotatable bonds is 2. The van der Waals surface area contributed by atoms with E-state index in [1.807, 2.05) is 17.5 Å². The molecule has 0 atom stereocenters. The molecule has 0 fully saturated rings. The predicted octanol–water partition coefficient (Wildman–Crippen LogP) is 2.56. The number of aromatic nitrogens is 2. The minimum Gasteiger partial charge on any atom is -0.243 e. The molecule has 0 aliphatic carbocycles. The van der Waals surface area contributed by atoms with Gasteiger partial charge in [-0.05, 0) is 29.6 Å². The molecule has 3 aromatic rings. The highest BCUT2D eigenvalue weighted by Gasteiger charge is 2.10. The van der Waals surface area contributed by atoms with E-state index in [2.05, 4.69) is 16.2 Å². The van der Waals surface area contributed by atoms with Gasteiger partial charge >= 0.3 is 0 Å². The zero-order chi connectivity index (χ0) is 13.5. The molecular formula is C13H9N2O2S2. The summed E-state index contributed by atoms with van der Waals surface area (Å²) in [6.45, 7) is 0. The van der Waals surface area contributed by atoms with Gasteiger partial charge in [-0.25, -0.2) is 18.4 Å². The Morgan fingerprint density at radius 3 is 2.74 bits per heavy atom. The number of sulfone groups is 1. The summed E-state index contributed by atoms with van der Waals surface area (Å²) in [4.78, 5) is 9.81. The SMILES string of the molecule is CS(=O)(=O)c1ccc2n[c]c(-c3cccs3)nc2c1. The predicted molar refractivity (Wildman–Crippen MR) is 74.8 cm³/mol. The van der Waals surface area contributed by atoms with Crippen LogP contribution in [-0.4, -0.2) is 24.6 Å². The highest BCUT2D eigenvalue weighted by atomic mass is 32.2. The third-order valence-corrected chi connectivity index (χ3v) is 4.63. The van der Waals surface area contributed by atoms with Crippen LogP contribution in [0.25, 0.3) is 21.6 Å². The molecule has 1 radical (unpaired) electrons. The van der Waals surface area contributed by atoms with Crippen LogP contribution in [0.3, 0.4) is 0 Å². The van der Waals surface area contributed by atoms with E-state index in [9.17, 15) is 8.42 Å². The van der Waals surface area contributed by atoms with Crippen LogP contribution in [0.4, 0.5) is 0 Å². The fraction of sp³-hybridized carbons (Fsp3) is 0.0769. The average molecular weight is 289 g/mol. The van der Waals surface area contributed by atoms with Crippen LogP contribution < -0.4 is 0 Å². The highest BCUT2D eigenvalue weighted by Crippen LogP contribution is 2.24. The Bertz CT molecular complexity index is 840. The Kier molecular flexibility index (Phi) is 2.83.